The first-order chi connectivity index (χ1) is 15.0. The highest BCUT2D eigenvalue weighted by Gasteiger charge is 2.53. The van der Waals surface area contributed by atoms with Crippen molar-refractivity contribution < 1.29 is 18.7 Å². The van der Waals surface area contributed by atoms with E-state index in [1.165, 1.54) is 44.6 Å². The standard InChI is InChI=1S/C26H29NO4/c1-2-30-24(28)9-6-17-4-3-5-21(13-17)27-25(29)22-7-8-23(31-22)26-14-18-10-19(15-26)12-20(11-18)16-26/h3-9,13,18-20H,2,10-12,14-16H2,1H3,(H,27,29)/b9-6+. The first kappa shape index (κ1) is 20.1. The van der Waals surface area contributed by atoms with Crippen molar-refractivity contribution in [3.8, 4) is 0 Å². The third-order valence-electron chi connectivity index (χ3n) is 7.23. The summed E-state index contributed by atoms with van der Waals surface area (Å²) in [6.45, 7) is 2.11. The van der Waals surface area contributed by atoms with Crippen LogP contribution in [0.15, 0.2) is 46.9 Å². The molecule has 4 fully saturated rings. The zero-order chi connectivity index (χ0) is 21.4. The first-order valence-electron chi connectivity index (χ1n) is 11.4. The number of hydrogen-bond donors (Lipinski definition) is 1. The van der Waals surface area contributed by atoms with Crippen LogP contribution < -0.4 is 5.32 Å². The number of amides is 1. The third kappa shape index (κ3) is 4.06. The average Bonchev–Trinajstić information content (AvgIpc) is 3.23. The summed E-state index contributed by atoms with van der Waals surface area (Å²) in [6, 6.07) is 11.2. The third-order valence-corrected chi connectivity index (χ3v) is 7.23. The molecule has 0 unspecified atom stereocenters. The highest BCUT2D eigenvalue weighted by molar-refractivity contribution is 6.02. The highest BCUT2D eigenvalue weighted by Crippen LogP contribution is 2.60. The van der Waals surface area contributed by atoms with Gasteiger partial charge in [0.15, 0.2) is 5.76 Å². The lowest BCUT2D eigenvalue weighted by atomic mass is 9.49. The molecule has 1 aromatic carbocycles. The van der Waals surface area contributed by atoms with Crippen LogP contribution in [0, 0.1) is 17.8 Å². The van der Waals surface area contributed by atoms with Crippen LogP contribution in [0.1, 0.15) is 67.3 Å². The zero-order valence-corrected chi connectivity index (χ0v) is 17.9. The molecule has 0 radical (unpaired) electrons. The van der Waals surface area contributed by atoms with E-state index < -0.39 is 0 Å². The number of benzene rings is 1. The second-order valence-electron chi connectivity index (χ2n) is 9.53. The van der Waals surface area contributed by atoms with Gasteiger partial charge in [-0.3, -0.25) is 4.79 Å². The summed E-state index contributed by atoms with van der Waals surface area (Å²) >= 11 is 0. The van der Waals surface area contributed by atoms with E-state index in [-0.39, 0.29) is 17.3 Å². The maximum atomic E-state index is 12.8. The van der Waals surface area contributed by atoms with Crippen molar-refractivity contribution in [2.75, 3.05) is 11.9 Å². The summed E-state index contributed by atoms with van der Waals surface area (Å²) in [7, 11) is 0. The Kier molecular flexibility index (Phi) is 5.20. The molecule has 1 amide bonds. The van der Waals surface area contributed by atoms with E-state index in [2.05, 4.69) is 5.32 Å². The lowest BCUT2D eigenvalue weighted by Crippen LogP contribution is -2.48. The molecule has 1 N–H and O–H groups in total. The van der Waals surface area contributed by atoms with Gasteiger partial charge in [-0.05, 0) is 99.1 Å². The van der Waals surface area contributed by atoms with Crippen LogP contribution in [-0.2, 0) is 14.9 Å². The highest BCUT2D eigenvalue weighted by atomic mass is 16.5. The van der Waals surface area contributed by atoms with E-state index in [4.69, 9.17) is 9.15 Å². The monoisotopic (exact) mass is 419 g/mol. The number of ether oxygens (including phenoxy) is 1. The fraction of sp³-hybridized carbons (Fsp3) is 0.462. The zero-order valence-electron chi connectivity index (χ0n) is 17.9. The van der Waals surface area contributed by atoms with E-state index >= 15 is 0 Å². The molecule has 4 bridgehead atoms. The Morgan fingerprint density at radius 2 is 1.81 bits per heavy atom. The van der Waals surface area contributed by atoms with Gasteiger partial charge < -0.3 is 14.5 Å². The number of rotatable bonds is 6. The lowest BCUT2D eigenvalue weighted by Gasteiger charge is -2.55. The molecule has 162 valence electrons. The second kappa shape index (κ2) is 8.03. The molecule has 4 aliphatic rings. The molecule has 0 saturated heterocycles. The van der Waals surface area contributed by atoms with E-state index in [1.807, 2.05) is 36.4 Å². The van der Waals surface area contributed by atoms with Gasteiger partial charge in [0.2, 0.25) is 0 Å². The van der Waals surface area contributed by atoms with Crippen LogP contribution >= 0.6 is 0 Å². The topological polar surface area (TPSA) is 68.5 Å². The number of hydrogen-bond acceptors (Lipinski definition) is 4. The van der Waals surface area contributed by atoms with Crippen molar-refractivity contribution in [2.45, 2.75) is 50.9 Å². The molecule has 1 heterocycles. The molecule has 0 atom stereocenters. The number of anilines is 1. The summed E-state index contributed by atoms with van der Waals surface area (Å²) in [5.74, 6) is 3.23. The van der Waals surface area contributed by atoms with Gasteiger partial charge in [-0.25, -0.2) is 4.79 Å². The van der Waals surface area contributed by atoms with Crippen LogP contribution in [0.5, 0.6) is 0 Å². The number of furan rings is 1. The number of carbonyl (C=O) groups excluding carboxylic acids is 2. The van der Waals surface area contributed by atoms with Crippen LogP contribution in [0.3, 0.4) is 0 Å². The van der Waals surface area contributed by atoms with Gasteiger partial charge in [-0.2, -0.15) is 0 Å². The summed E-state index contributed by atoms with van der Waals surface area (Å²) in [6.07, 6.45) is 10.8. The SMILES string of the molecule is CCOC(=O)/C=C/c1cccc(NC(=O)c2ccc(C34CC5CC(CC(C5)C3)C4)o2)c1. The predicted molar refractivity (Wildman–Crippen MR) is 119 cm³/mol. The van der Waals surface area contributed by atoms with Crippen molar-refractivity contribution in [2.24, 2.45) is 17.8 Å². The Bertz CT molecular complexity index is 983. The number of nitrogens with one attached hydrogen (secondary N) is 1. The average molecular weight is 420 g/mol. The Morgan fingerprint density at radius 1 is 1.10 bits per heavy atom. The van der Waals surface area contributed by atoms with E-state index in [0.29, 0.717) is 18.1 Å². The Labute approximate surface area is 182 Å². The molecule has 6 rings (SSSR count). The van der Waals surface area contributed by atoms with Crippen molar-refractivity contribution >= 4 is 23.6 Å². The molecule has 4 aliphatic carbocycles. The van der Waals surface area contributed by atoms with Gasteiger partial charge in [-0.1, -0.05) is 12.1 Å². The van der Waals surface area contributed by atoms with Crippen LogP contribution in [-0.4, -0.2) is 18.5 Å². The van der Waals surface area contributed by atoms with Gasteiger partial charge in [0.25, 0.3) is 5.91 Å². The Balaban J connectivity index is 1.28. The van der Waals surface area contributed by atoms with Gasteiger partial charge in [0, 0.05) is 17.2 Å². The normalized spacial score (nSPS) is 28.7. The van der Waals surface area contributed by atoms with Crippen LogP contribution in [0.4, 0.5) is 5.69 Å². The molecular weight excluding hydrogens is 390 g/mol. The summed E-state index contributed by atoms with van der Waals surface area (Å²) in [4.78, 5) is 24.3. The van der Waals surface area contributed by atoms with Crippen LogP contribution in [0.2, 0.25) is 0 Å². The van der Waals surface area contributed by atoms with Gasteiger partial charge in [-0.15, -0.1) is 0 Å². The molecular formula is C26H29NO4. The van der Waals surface area contributed by atoms with Crippen molar-refractivity contribution in [3.63, 3.8) is 0 Å². The minimum absolute atomic E-state index is 0.144. The molecule has 4 saturated carbocycles. The molecule has 5 heteroatoms. The maximum Gasteiger partial charge on any atom is 0.330 e. The van der Waals surface area contributed by atoms with Gasteiger partial charge >= 0.3 is 5.97 Å². The molecule has 31 heavy (non-hydrogen) atoms. The Morgan fingerprint density at radius 3 is 2.48 bits per heavy atom. The summed E-state index contributed by atoms with van der Waals surface area (Å²) < 4.78 is 11.0. The Hall–Kier alpha value is -2.82. The number of esters is 1. The fourth-order valence-electron chi connectivity index (χ4n) is 6.42. The van der Waals surface area contributed by atoms with E-state index in [1.54, 1.807) is 13.0 Å². The van der Waals surface area contributed by atoms with E-state index in [9.17, 15) is 9.59 Å². The largest absolute Gasteiger partial charge is 0.463 e. The fourth-order valence-corrected chi connectivity index (χ4v) is 6.42. The minimum Gasteiger partial charge on any atom is -0.463 e. The lowest BCUT2D eigenvalue weighted by molar-refractivity contribution is -0.137. The maximum absolute atomic E-state index is 12.8. The second-order valence-corrected chi connectivity index (χ2v) is 9.53. The molecule has 2 aromatic rings. The quantitative estimate of drug-likeness (QED) is 0.490. The van der Waals surface area contributed by atoms with E-state index in [0.717, 1.165) is 29.1 Å². The summed E-state index contributed by atoms with van der Waals surface area (Å²) in [5, 5.41) is 2.92. The predicted octanol–water partition coefficient (Wildman–Crippen LogP) is 5.58. The first-order valence-corrected chi connectivity index (χ1v) is 11.4. The minimum atomic E-state index is -0.385. The van der Waals surface area contributed by atoms with Gasteiger partial charge in [0.1, 0.15) is 5.76 Å². The molecule has 1 aromatic heterocycles. The van der Waals surface area contributed by atoms with Crippen LogP contribution in [0.25, 0.3) is 6.08 Å². The van der Waals surface area contributed by atoms with Gasteiger partial charge in [0.05, 0.1) is 6.61 Å². The van der Waals surface area contributed by atoms with Crippen molar-refractivity contribution in [1.29, 1.82) is 0 Å². The summed E-state index contributed by atoms with van der Waals surface area (Å²) in [5.41, 5.74) is 1.61. The molecule has 5 nitrogen and oxygen atoms in total. The van der Waals surface area contributed by atoms with Crippen molar-refractivity contribution in [1.82, 2.24) is 0 Å². The molecule has 0 aliphatic heterocycles. The van der Waals surface area contributed by atoms with Crippen molar-refractivity contribution in [3.05, 3.63) is 59.6 Å². The number of carbonyl (C=O) groups is 2. The molecule has 0 spiro atoms. The smallest absolute Gasteiger partial charge is 0.330 e.